The summed E-state index contributed by atoms with van der Waals surface area (Å²) < 4.78 is 0. The fourth-order valence-electron chi connectivity index (χ4n) is 1.47. The van der Waals surface area contributed by atoms with E-state index in [1.165, 1.54) is 5.56 Å². The lowest BCUT2D eigenvalue weighted by molar-refractivity contribution is 0.0631. The second-order valence-corrected chi connectivity index (χ2v) is 4.57. The van der Waals surface area contributed by atoms with Crippen molar-refractivity contribution in [2.75, 3.05) is 13.2 Å². The lowest BCUT2D eigenvalue weighted by atomic mass is 9.86. The van der Waals surface area contributed by atoms with Gasteiger partial charge >= 0.3 is 0 Å². The third kappa shape index (κ3) is 3.47. The molecule has 0 saturated carbocycles. The molecule has 1 rings (SSSR count). The van der Waals surface area contributed by atoms with Gasteiger partial charge < -0.3 is 10.2 Å². The van der Waals surface area contributed by atoms with Gasteiger partial charge in [0.1, 0.15) is 0 Å². The van der Waals surface area contributed by atoms with E-state index in [1.54, 1.807) is 0 Å². The first-order valence-electron chi connectivity index (χ1n) is 5.56. The van der Waals surface area contributed by atoms with E-state index in [0.717, 1.165) is 18.4 Å². The zero-order valence-electron chi connectivity index (χ0n) is 9.82. The maximum Gasteiger partial charge on any atom is 0.0506 e. The Labute approximate surface area is 97.2 Å². The van der Waals surface area contributed by atoms with Crippen LogP contribution in [0.1, 0.15) is 24.5 Å². The SMILES string of the molecule is C=Cc1ccc(CCC(C)(CO)CO)cc1. The number of aryl methyl sites for hydroxylation is 1. The predicted octanol–water partition coefficient (Wildman–Crippen LogP) is 2.25. The molecule has 88 valence electrons. The highest BCUT2D eigenvalue weighted by molar-refractivity contribution is 5.47. The van der Waals surface area contributed by atoms with Gasteiger partial charge in [-0.1, -0.05) is 43.8 Å². The molecule has 0 fully saturated rings. The highest BCUT2D eigenvalue weighted by Crippen LogP contribution is 2.22. The molecule has 2 N–H and O–H groups in total. The molecule has 1 aromatic rings. The molecule has 0 aromatic heterocycles. The van der Waals surface area contributed by atoms with Crippen molar-refractivity contribution in [3.8, 4) is 0 Å². The van der Waals surface area contributed by atoms with Crippen LogP contribution in [0, 0.1) is 5.41 Å². The average Bonchev–Trinajstić information content (AvgIpc) is 2.36. The van der Waals surface area contributed by atoms with Crippen LogP contribution in [0.25, 0.3) is 6.08 Å². The Morgan fingerprint density at radius 3 is 2.19 bits per heavy atom. The first kappa shape index (κ1) is 12.9. The van der Waals surface area contributed by atoms with E-state index in [0.29, 0.717) is 0 Å². The summed E-state index contributed by atoms with van der Waals surface area (Å²) in [6.45, 7) is 5.64. The summed E-state index contributed by atoms with van der Waals surface area (Å²) >= 11 is 0. The standard InChI is InChI=1S/C14H20O2/c1-3-12-4-6-13(7-5-12)8-9-14(2,10-15)11-16/h3-7,15-16H,1,8-11H2,2H3. The van der Waals surface area contributed by atoms with Gasteiger partial charge in [-0.25, -0.2) is 0 Å². The van der Waals surface area contributed by atoms with Gasteiger partial charge in [0.25, 0.3) is 0 Å². The summed E-state index contributed by atoms with van der Waals surface area (Å²) in [5.41, 5.74) is 1.95. The topological polar surface area (TPSA) is 40.5 Å². The number of rotatable bonds is 6. The van der Waals surface area contributed by atoms with Crippen molar-refractivity contribution in [3.05, 3.63) is 42.0 Å². The molecule has 0 aliphatic heterocycles. The molecular formula is C14H20O2. The van der Waals surface area contributed by atoms with Crippen LogP contribution in [0.5, 0.6) is 0 Å². The van der Waals surface area contributed by atoms with E-state index in [9.17, 15) is 10.2 Å². The minimum absolute atomic E-state index is 0.0221. The minimum atomic E-state index is -0.378. The third-order valence-electron chi connectivity index (χ3n) is 3.00. The van der Waals surface area contributed by atoms with Crippen molar-refractivity contribution in [1.82, 2.24) is 0 Å². The number of aliphatic hydroxyl groups is 2. The lowest BCUT2D eigenvalue weighted by Crippen LogP contribution is -2.26. The third-order valence-corrected chi connectivity index (χ3v) is 3.00. The van der Waals surface area contributed by atoms with Gasteiger partial charge in [-0.2, -0.15) is 0 Å². The molecule has 2 heteroatoms. The summed E-state index contributed by atoms with van der Waals surface area (Å²) in [5, 5.41) is 18.3. The summed E-state index contributed by atoms with van der Waals surface area (Å²) in [4.78, 5) is 0. The molecular weight excluding hydrogens is 200 g/mol. The Morgan fingerprint density at radius 2 is 1.75 bits per heavy atom. The van der Waals surface area contributed by atoms with E-state index in [1.807, 2.05) is 25.1 Å². The highest BCUT2D eigenvalue weighted by atomic mass is 16.3. The summed E-state index contributed by atoms with van der Waals surface area (Å²) in [6.07, 6.45) is 3.47. The molecule has 0 atom stereocenters. The fraction of sp³-hybridized carbons (Fsp3) is 0.429. The Morgan fingerprint density at radius 1 is 1.19 bits per heavy atom. The predicted molar refractivity (Wildman–Crippen MR) is 67.1 cm³/mol. The first-order valence-corrected chi connectivity index (χ1v) is 5.56. The number of benzene rings is 1. The fourth-order valence-corrected chi connectivity index (χ4v) is 1.47. The monoisotopic (exact) mass is 220 g/mol. The Balaban J connectivity index is 2.57. The van der Waals surface area contributed by atoms with Gasteiger partial charge in [-0.3, -0.25) is 0 Å². The first-order chi connectivity index (χ1) is 7.63. The molecule has 0 amide bonds. The molecule has 0 heterocycles. The smallest absolute Gasteiger partial charge is 0.0506 e. The Bertz CT molecular complexity index is 323. The van der Waals surface area contributed by atoms with Gasteiger partial charge in [0.15, 0.2) is 0 Å². The van der Waals surface area contributed by atoms with Crippen molar-refractivity contribution in [3.63, 3.8) is 0 Å². The minimum Gasteiger partial charge on any atom is -0.396 e. The van der Waals surface area contributed by atoms with Crippen LogP contribution >= 0.6 is 0 Å². The van der Waals surface area contributed by atoms with Crippen LogP contribution in [0.15, 0.2) is 30.8 Å². The van der Waals surface area contributed by atoms with Crippen molar-refractivity contribution in [2.45, 2.75) is 19.8 Å². The van der Waals surface area contributed by atoms with Gasteiger partial charge in [-0.05, 0) is 24.0 Å². The second kappa shape index (κ2) is 5.83. The molecule has 16 heavy (non-hydrogen) atoms. The molecule has 0 aliphatic rings. The van der Waals surface area contributed by atoms with Crippen molar-refractivity contribution in [1.29, 1.82) is 0 Å². The molecule has 0 spiro atoms. The average molecular weight is 220 g/mol. The summed E-state index contributed by atoms with van der Waals surface area (Å²) in [5.74, 6) is 0. The lowest BCUT2D eigenvalue weighted by Gasteiger charge is -2.24. The number of aliphatic hydroxyl groups excluding tert-OH is 2. The van der Waals surface area contributed by atoms with Crippen molar-refractivity contribution >= 4 is 6.08 Å². The van der Waals surface area contributed by atoms with Crippen molar-refractivity contribution in [2.24, 2.45) is 5.41 Å². The maximum atomic E-state index is 9.17. The van der Waals surface area contributed by atoms with E-state index in [4.69, 9.17) is 0 Å². The number of hydrogen-bond acceptors (Lipinski definition) is 2. The van der Waals surface area contributed by atoms with Gasteiger partial charge in [0.05, 0.1) is 13.2 Å². The Hall–Kier alpha value is -1.12. The molecule has 0 radical (unpaired) electrons. The molecule has 0 aliphatic carbocycles. The van der Waals surface area contributed by atoms with Gasteiger partial charge in [0.2, 0.25) is 0 Å². The zero-order valence-corrected chi connectivity index (χ0v) is 9.82. The quantitative estimate of drug-likeness (QED) is 0.772. The zero-order chi connectivity index (χ0) is 12.0. The van der Waals surface area contributed by atoms with Crippen LogP contribution in [0.4, 0.5) is 0 Å². The molecule has 1 aromatic carbocycles. The molecule has 0 saturated heterocycles. The van der Waals surface area contributed by atoms with E-state index in [-0.39, 0.29) is 18.6 Å². The van der Waals surface area contributed by atoms with Crippen LogP contribution < -0.4 is 0 Å². The van der Waals surface area contributed by atoms with Crippen molar-refractivity contribution < 1.29 is 10.2 Å². The molecule has 0 bridgehead atoms. The molecule has 0 unspecified atom stereocenters. The highest BCUT2D eigenvalue weighted by Gasteiger charge is 2.21. The van der Waals surface area contributed by atoms with Gasteiger partial charge in [0, 0.05) is 5.41 Å². The number of hydrogen-bond donors (Lipinski definition) is 2. The van der Waals surface area contributed by atoms with Crippen LogP contribution in [-0.4, -0.2) is 23.4 Å². The summed E-state index contributed by atoms with van der Waals surface area (Å²) in [7, 11) is 0. The molecule has 2 nitrogen and oxygen atoms in total. The van der Waals surface area contributed by atoms with E-state index >= 15 is 0 Å². The largest absolute Gasteiger partial charge is 0.396 e. The summed E-state index contributed by atoms with van der Waals surface area (Å²) in [6, 6.07) is 8.17. The maximum absolute atomic E-state index is 9.17. The van der Waals surface area contributed by atoms with E-state index in [2.05, 4.69) is 18.7 Å². The second-order valence-electron chi connectivity index (χ2n) is 4.57. The van der Waals surface area contributed by atoms with Crippen LogP contribution in [-0.2, 0) is 6.42 Å². The normalized spacial score (nSPS) is 11.4. The van der Waals surface area contributed by atoms with Gasteiger partial charge in [-0.15, -0.1) is 0 Å². The van der Waals surface area contributed by atoms with Crippen LogP contribution in [0.3, 0.4) is 0 Å². The Kier molecular flexibility index (Phi) is 4.71. The van der Waals surface area contributed by atoms with Crippen LogP contribution in [0.2, 0.25) is 0 Å². The van der Waals surface area contributed by atoms with E-state index < -0.39 is 0 Å².